The molecular formula is C15H14N2O3S2. The zero-order valence-corrected chi connectivity index (χ0v) is 13.5. The van der Waals surface area contributed by atoms with Gasteiger partial charge in [0.1, 0.15) is 0 Å². The number of thiocarbonyl (C=S) groups is 1. The highest BCUT2D eigenvalue weighted by molar-refractivity contribution is 8.26. The Hall–Kier alpha value is -1.86. The zero-order chi connectivity index (χ0) is 15.9. The van der Waals surface area contributed by atoms with Crippen LogP contribution in [0.5, 0.6) is 0 Å². The third kappa shape index (κ3) is 2.50. The number of likely N-dealkylation sites (N-methyl/N-ethyl adjacent to an activating group) is 1. The van der Waals surface area contributed by atoms with Gasteiger partial charge in [-0.15, -0.1) is 0 Å². The number of carbonyl (C=O) groups is 2. The van der Waals surface area contributed by atoms with E-state index in [4.69, 9.17) is 17.3 Å². The lowest BCUT2D eigenvalue weighted by atomic mass is 10.1. The Kier molecular flexibility index (Phi) is 3.92. The summed E-state index contributed by atoms with van der Waals surface area (Å²) in [5.41, 5.74) is 3.38. The molecule has 5 nitrogen and oxygen atoms in total. The molecule has 1 N–H and O–H groups in total. The highest BCUT2D eigenvalue weighted by Gasteiger charge is 2.36. The van der Waals surface area contributed by atoms with Gasteiger partial charge >= 0.3 is 6.09 Å². The molecular weight excluding hydrogens is 320 g/mol. The van der Waals surface area contributed by atoms with Gasteiger partial charge in [-0.2, -0.15) is 4.90 Å². The average Bonchev–Trinajstić information content (AvgIpc) is 2.99. The number of carbonyl (C=O) groups excluding carboxylic acids is 1. The summed E-state index contributed by atoms with van der Waals surface area (Å²) in [6, 6.07) is 6.05. The fourth-order valence-corrected chi connectivity index (χ4v) is 3.94. The van der Waals surface area contributed by atoms with Gasteiger partial charge in [0, 0.05) is 18.8 Å². The maximum absolute atomic E-state index is 12.1. The van der Waals surface area contributed by atoms with E-state index < -0.39 is 12.0 Å². The van der Waals surface area contributed by atoms with E-state index in [0.29, 0.717) is 9.81 Å². The zero-order valence-electron chi connectivity index (χ0n) is 11.9. The minimum Gasteiger partial charge on any atom is -0.464 e. The van der Waals surface area contributed by atoms with Crippen molar-refractivity contribution in [2.75, 3.05) is 18.0 Å². The van der Waals surface area contributed by atoms with Gasteiger partial charge in [-0.1, -0.05) is 30.0 Å². The average molecular weight is 334 g/mol. The van der Waals surface area contributed by atoms with Crippen LogP contribution in [0.4, 0.5) is 10.5 Å². The predicted octanol–water partition coefficient (Wildman–Crippen LogP) is 2.95. The number of hydrogen-bond acceptors (Lipinski definition) is 5. The van der Waals surface area contributed by atoms with Crippen LogP contribution in [-0.4, -0.2) is 39.4 Å². The highest BCUT2D eigenvalue weighted by Crippen LogP contribution is 2.34. The van der Waals surface area contributed by atoms with Crippen LogP contribution in [0.2, 0.25) is 0 Å². The van der Waals surface area contributed by atoms with Crippen molar-refractivity contribution in [3.8, 4) is 0 Å². The topological polar surface area (TPSA) is 60.9 Å². The van der Waals surface area contributed by atoms with Crippen LogP contribution >= 0.6 is 24.0 Å². The molecule has 2 aliphatic heterocycles. The lowest BCUT2D eigenvalue weighted by Crippen LogP contribution is -2.33. The number of thioether (sulfide) groups is 1. The molecule has 0 saturated carbocycles. The minimum atomic E-state index is -1.33. The smallest absolute Gasteiger partial charge is 0.420 e. The first-order valence-electron chi connectivity index (χ1n) is 6.90. The number of fused-ring (bicyclic) bond motifs is 1. The number of nitrogens with zero attached hydrogens (tertiary/aromatic N) is 2. The van der Waals surface area contributed by atoms with Crippen molar-refractivity contribution in [2.24, 2.45) is 0 Å². The number of anilines is 1. The van der Waals surface area contributed by atoms with Gasteiger partial charge in [0.2, 0.25) is 0 Å². The lowest BCUT2D eigenvalue weighted by Gasteiger charge is -2.16. The summed E-state index contributed by atoms with van der Waals surface area (Å²) in [5, 5.41) is 8.99. The van der Waals surface area contributed by atoms with E-state index in [9.17, 15) is 9.59 Å². The number of benzene rings is 1. The summed E-state index contributed by atoms with van der Waals surface area (Å²) < 4.78 is 0.0575. The van der Waals surface area contributed by atoms with Crippen molar-refractivity contribution in [3.63, 3.8) is 0 Å². The molecule has 0 aliphatic carbocycles. The fourth-order valence-electron chi connectivity index (χ4n) is 2.69. The standard InChI is InChI=1S/C15H14N2O3S2/c1-2-16-6-5-10-7-9(3-4-11(10)16)8-12-13(18)17(14(19)20)15(21)22-12/h3-4,7-8H,2,5-6H2,1H3,(H,19,20)/b12-8+. The van der Waals surface area contributed by atoms with E-state index in [0.717, 1.165) is 36.8 Å². The predicted molar refractivity (Wildman–Crippen MR) is 91.1 cm³/mol. The number of hydrogen-bond donors (Lipinski definition) is 1. The molecule has 2 heterocycles. The molecule has 0 unspecified atom stereocenters. The molecule has 2 aliphatic rings. The van der Waals surface area contributed by atoms with Crippen molar-refractivity contribution in [1.82, 2.24) is 4.90 Å². The fraction of sp³-hybridized carbons (Fsp3) is 0.267. The molecule has 1 aromatic carbocycles. The molecule has 0 atom stereocenters. The molecule has 1 saturated heterocycles. The van der Waals surface area contributed by atoms with E-state index in [1.54, 1.807) is 6.08 Å². The highest BCUT2D eigenvalue weighted by atomic mass is 32.2. The summed E-state index contributed by atoms with van der Waals surface area (Å²) >= 11 is 5.96. The van der Waals surface area contributed by atoms with Crippen molar-refractivity contribution in [1.29, 1.82) is 0 Å². The van der Waals surface area contributed by atoms with Crippen molar-refractivity contribution >= 4 is 52.1 Å². The molecule has 22 heavy (non-hydrogen) atoms. The van der Waals surface area contributed by atoms with E-state index in [1.165, 1.54) is 11.3 Å². The van der Waals surface area contributed by atoms with E-state index in [-0.39, 0.29) is 4.32 Å². The maximum Gasteiger partial charge on any atom is 0.420 e. The van der Waals surface area contributed by atoms with Gasteiger partial charge in [0.15, 0.2) is 4.32 Å². The SMILES string of the molecule is CCN1CCc2cc(/C=C3/SC(=S)N(C(=O)O)C3=O)ccc21. The second-order valence-electron chi connectivity index (χ2n) is 5.02. The van der Waals surface area contributed by atoms with Crippen molar-refractivity contribution in [3.05, 3.63) is 34.2 Å². The van der Waals surface area contributed by atoms with Crippen molar-refractivity contribution < 1.29 is 14.7 Å². The lowest BCUT2D eigenvalue weighted by molar-refractivity contribution is -0.120. The largest absolute Gasteiger partial charge is 0.464 e. The first-order valence-corrected chi connectivity index (χ1v) is 8.12. The second-order valence-corrected chi connectivity index (χ2v) is 6.69. The van der Waals surface area contributed by atoms with E-state index in [2.05, 4.69) is 24.0 Å². The van der Waals surface area contributed by atoms with Crippen LogP contribution < -0.4 is 4.90 Å². The van der Waals surface area contributed by atoms with Crippen LogP contribution in [0.25, 0.3) is 6.08 Å². The van der Waals surface area contributed by atoms with Gasteiger partial charge in [-0.05, 0) is 42.7 Å². The Balaban J connectivity index is 1.89. The number of carboxylic acid groups (broad SMARTS) is 1. The quantitative estimate of drug-likeness (QED) is 0.663. The molecule has 3 rings (SSSR count). The second kappa shape index (κ2) is 5.73. The van der Waals surface area contributed by atoms with Gasteiger partial charge in [-0.3, -0.25) is 4.79 Å². The summed E-state index contributed by atoms with van der Waals surface area (Å²) in [5.74, 6) is -0.571. The van der Waals surface area contributed by atoms with Crippen LogP contribution in [0.3, 0.4) is 0 Å². The first-order chi connectivity index (χ1) is 10.5. The minimum absolute atomic E-state index is 0.0575. The van der Waals surface area contributed by atoms with Crippen LogP contribution in [0.15, 0.2) is 23.1 Å². The maximum atomic E-state index is 12.1. The normalized spacial score (nSPS) is 19.2. The van der Waals surface area contributed by atoms with Crippen LogP contribution in [0, 0.1) is 0 Å². The third-order valence-corrected chi connectivity index (χ3v) is 5.06. The number of imide groups is 1. The van der Waals surface area contributed by atoms with E-state index >= 15 is 0 Å². The van der Waals surface area contributed by atoms with Crippen LogP contribution in [0.1, 0.15) is 18.1 Å². The Morgan fingerprint density at radius 2 is 2.27 bits per heavy atom. The molecule has 114 valence electrons. The molecule has 1 fully saturated rings. The Morgan fingerprint density at radius 1 is 1.50 bits per heavy atom. The van der Waals surface area contributed by atoms with Gasteiger partial charge in [-0.25, -0.2) is 4.79 Å². The summed E-state index contributed by atoms with van der Waals surface area (Å²) in [4.78, 5) is 26.3. The van der Waals surface area contributed by atoms with Gasteiger partial charge in [0.25, 0.3) is 5.91 Å². The molecule has 0 radical (unpaired) electrons. The van der Waals surface area contributed by atoms with Gasteiger partial charge in [0.05, 0.1) is 4.91 Å². The van der Waals surface area contributed by atoms with Gasteiger partial charge < -0.3 is 10.0 Å². The molecule has 7 heteroatoms. The molecule has 0 spiro atoms. The van der Waals surface area contributed by atoms with Crippen LogP contribution in [-0.2, 0) is 11.2 Å². The molecule has 1 aromatic rings. The van der Waals surface area contributed by atoms with Crippen molar-refractivity contribution in [2.45, 2.75) is 13.3 Å². The summed E-state index contributed by atoms with van der Waals surface area (Å²) in [6.45, 7) is 4.11. The summed E-state index contributed by atoms with van der Waals surface area (Å²) in [7, 11) is 0. The number of rotatable bonds is 2. The Labute approximate surface area is 137 Å². The van der Waals surface area contributed by atoms with E-state index in [1.807, 2.05) is 6.07 Å². The Morgan fingerprint density at radius 3 is 2.91 bits per heavy atom. The Bertz CT molecular complexity index is 715. The first kappa shape index (κ1) is 15.1. The molecule has 2 amide bonds. The number of amides is 2. The summed E-state index contributed by atoms with van der Waals surface area (Å²) in [6.07, 6.45) is 1.36. The molecule has 0 aromatic heterocycles. The third-order valence-electron chi connectivity index (χ3n) is 3.76. The monoisotopic (exact) mass is 334 g/mol. The molecule has 0 bridgehead atoms.